The van der Waals surface area contributed by atoms with Crippen molar-refractivity contribution in [3.05, 3.63) is 69.8 Å². The molecule has 0 N–H and O–H groups in total. The molecule has 0 bridgehead atoms. The first-order valence-corrected chi connectivity index (χ1v) is 7.20. The molecule has 3 aromatic rings. The van der Waals surface area contributed by atoms with Crippen LogP contribution in [0.3, 0.4) is 0 Å². The lowest BCUT2D eigenvalue weighted by molar-refractivity contribution is 0.0941. The van der Waals surface area contributed by atoms with E-state index in [1.54, 1.807) is 25.1 Å². The fraction of sp³-hybridized carbons (Fsp3) is 0.167. The fourth-order valence-corrected chi connectivity index (χ4v) is 2.48. The van der Waals surface area contributed by atoms with Crippen LogP contribution >= 0.6 is 0 Å². The molecule has 3 rings (SSSR count). The molecule has 0 amide bonds. The number of furan rings is 1. The van der Waals surface area contributed by atoms with Crippen LogP contribution in [0.5, 0.6) is 0 Å². The Morgan fingerprint density at radius 2 is 1.87 bits per heavy atom. The van der Waals surface area contributed by atoms with Gasteiger partial charge in [0.15, 0.2) is 11.5 Å². The van der Waals surface area contributed by atoms with E-state index >= 15 is 0 Å². The normalized spacial score (nSPS) is 10.9. The van der Waals surface area contributed by atoms with E-state index in [2.05, 4.69) is 0 Å². The third kappa shape index (κ3) is 2.73. The quantitative estimate of drug-likeness (QED) is 0.695. The number of aryl methyl sites for hydroxylation is 1. The van der Waals surface area contributed by atoms with Gasteiger partial charge in [0.1, 0.15) is 5.58 Å². The van der Waals surface area contributed by atoms with Crippen LogP contribution < -0.4 is 5.56 Å². The van der Waals surface area contributed by atoms with Gasteiger partial charge in [-0.1, -0.05) is 18.2 Å². The second kappa shape index (κ2) is 5.68. The van der Waals surface area contributed by atoms with Gasteiger partial charge in [-0.15, -0.1) is 0 Å². The van der Waals surface area contributed by atoms with Gasteiger partial charge in [-0.2, -0.15) is 0 Å². The molecule has 0 radical (unpaired) electrons. The van der Waals surface area contributed by atoms with Crippen LogP contribution in [-0.4, -0.2) is 16.1 Å². The van der Waals surface area contributed by atoms with Crippen molar-refractivity contribution in [2.24, 2.45) is 0 Å². The van der Waals surface area contributed by atoms with Crippen LogP contribution in [0.15, 0.2) is 51.7 Å². The molecule has 0 aliphatic carbocycles. The summed E-state index contributed by atoms with van der Waals surface area (Å²) < 4.78 is 6.83. The monoisotopic (exact) mass is 309 g/mol. The average molecular weight is 309 g/mol. The Hall–Kier alpha value is -2.95. The van der Waals surface area contributed by atoms with Gasteiger partial charge in [-0.05, 0) is 38.1 Å². The molecule has 2 aromatic heterocycles. The van der Waals surface area contributed by atoms with Gasteiger partial charge in [-0.3, -0.25) is 14.4 Å². The van der Waals surface area contributed by atoms with E-state index in [1.165, 1.54) is 17.6 Å². The molecule has 1 aromatic carbocycles. The molecule has 0 spiro atoms. The minimum Gasteiger partial charge on any atom is -0.453 e. The second-order valence-electron chi connectivity index (χ2n) is 5.41. The highest BCUT2D eigenvalue weighted by Gasteiger charge is 2.16. The number of nitrogens with zero attached hydrogens (tertiary/aromatic N) is 1. The van der Waals surface area contributed by atoms with Crippen molar-refractivity contribution in [1.29, 1.82) is 0 Å². The van der Waals surface area contributed by atoms with E-state index in [0.29, 0.717) is 11.3 Å². The lowest BCUT2D eigenvalue weighted by Gasteiger charge is -2.09. The highest BCUT2D eigenvalue weighted by molar-refractivity contribution is 5.97. The van der Waals surface area contributed by atoms with Crippen molar-refractivity contribution < 1.29 is 14.0 Å². The number of hydrogen-bond acceptors (Lipinski definition) is 4. The SMILES string of the molecule is CC(=O)c1ccc(C)n(CC(=O)c2cc3ccccc3o2)c1=O. The van der Waals surface area contributed by atoms with Gasteiger partial charge in [-0.25, -0.2) is 0 Å². The molecule has 0 fully saturated rings. The molecule has 0 saturated carbocycles. The summed E-state index contributed by atoms with van der Waals surface area (Å²) in [4.78, 5) is 36.2. The second-order valence-corrected chi connectivity index (χ2v) is 5.41. The third-order valence-electron chi connectivity index (χ3n) is 3.77. The number of fused-ring (bicyclic) bond motifs is 1. The molecule has 116 valence electrons. The molecule has 0 aliphatic rings. The molecule has 5 heteroatoms. The van der Waals surface area contributed by atoms with Crippen LogP contribution in [-0.2, 0) is 6.54 Å². The minimum atomic E-state index is -0.457. The zero-order chi connectivity index (χ0) is 16.6. The minimum absolute atomic E-state index is 0.0769. The largest absolute Gasteiger partial charge is 0.453 e. The van der Waals surface area contributed by atoms with E-state index in [9.17, 15) is 14.4 Å². The van der Waals surface area contributed by atoms with Crippen LogP contribution in [0, 0.1) is 6.92 Å². The number of benzene rings is 1. The lowest BCUT2D eigenvalue weighted by atomic mass is 10.1. The number of hydrogen-bond donors (Lipinski definition) is 0. The first kappa shape index (κ1) is 15.0. The summed E-state index contributed by atoms with van der Waals surface area (Å²) in [5, 5.41) is 0.831. The molecular formula is C18H15NO4. The zero-order valence-corrected chi connectivity index (χ0v) is 12.8. The lowest BCUT2D eigenvalue weighted by Crippen LogP contribution is -2.29. The molecule has 0 aliphatic heterocycles. The number of para-hydroxylation sites is 1. The summed E-state index contributed by atoms with van der Waals surface area (Å²) in [5.74, 6) is -0.433. The highest BCUT2D eigenvalue weighted by atomic mass is 16.3. The standard InChI is InChI=1S/C18H15NO4/c1-11-7-8-14(12(2)20)18(22)19(11)10-15(21)17-9-13-5-3-4-6-16(13)23-17/h3-9H,10H2,1-2H3. The van der Waals surface area contributed by atoms with Crippen LogP contribution in [0.4, 0.5) is 0 Å². The summed E-state index contributed by atoms with van der Waals surface area (Å²) in [6.07, 6.45) is 0. The van der Waals surface area contributed by atoms with E-state index in [-0.39, 0.29) is 29.4 Å². The Balaban J connectivity index is 1.98. The fourth-order valence-electron chi connectivity index (χ4n) is 2.48. The van der Waals surface area contributed by atoms with Gasteiger partial charge in [0.05, 0.1) is 12.1 Å². The van der Waals surface area contributed by atoms with Gasteiger partial charge < -0.3 is 8.98 Å². The summed E-state index contributed by atoms with van der Waals surface area (Å²) in [7, 11) is 0. The Morgan fingerprint density at radius 1 is 1.13 bits per heavy atom. The Morgan fingerprint density at radius 3 is 2.57 bits per heavy atom. The summed E-state index contributed by atoms with van der Waals surface area (Å²) in [5.41, 5.74) is 0.858. The number of carbonyl (C=O) groups is 2. The Kier molecular flexibility index (Phi) is 3.70. The highest BCUT2D eigenvalue weighted by Crippen LogP contribution is 2.19. The van der Waals surface area contributed by atoms with E-state index in [1.807, 2.05) is 18.2 Å². The van der Waals surface area contributed by atoms with Crippen LogP contribution in [0.2, 0.25) is 0 Å². The van der Waals surface area contributed by atoms with Gasteiger partial charge in [0.25, 0.3) is 5.56 Å². The maximum absolute atomic E-state index is 12.4. The summed E-state index contributed by atoms with van der Waals surface area (Å²) in [6, 6.07) is 12.1. The maximum atomic E-state index is 12.4. The molecule has 23 heavy (non-hydrogen) atoms. The van der Waals surface area contributed by atoms with Crippen molar-refractivity contribution in [2.45, 2.75) is 20.4 Å². The first-order valence-electron chi connectivity index (χ1n) is 7.20. The van der Waals surface area contributed by atoms with Gasteiger partial charge in [0.2, 0.25) is 5.78 Å². The summed E-state index contributed by atoms with van der Waals surface area (Å²) in [6.45, 7) is 2.89. The summed E-state index contributed by atoms with van der Waals surface area (Å²) >= 11 is 0. The van der Waals surface area contributed by atoms with E-state index in [4.69, 9.17) is 4.42 Å². The van der Waals surface area contributed by atoms with Crippen molar-refractivity contribution in [1.82, 2.24) is 4.57 Å². The number of pyridine rings is 1. The molecule has 2 heterocycles. The molecule has 0 saturated heterocycles. The Labute approximate surface area is 132 Å². The molecule has 0 unspecified atom stereocenters. The predicted octanol–water partition coefficient (Wildman–Crippen LogP) is 2.99. The average Bonchev–Trinajstić information content (AvgIpc) is 2.95. The van der Waals surface area contributed by atoms with Crippen LogP contribution in [0.25, 0.3) is 11.0 Å². The molecular weight excluding hydrogens is 294 g/mol. The van der Waals surface area contributed by atoms with Crippen molar-refractivity contribution in [3.8, 4) is 0 Å². The maximum Gasteiger partial charge on any atom is 0.262 e. The third-order valence-corrected chi connectivity index (χ3v) is 3.77. The molecule has 5 nitrogen and oxygen atoms in total. The number of carbonyl (C=O) groups excluding carboxylic acids is 2. The van der Waals surface area contributed by atoms with Crippen molar-refractivity contribution in [3.63, 3.8) is 0 Å². The smallest absolute Gasteiger partial charge is 0.262 e. The first-order chi connectivity index (χ1) is 11.0. The van der Waals surface area contributed by atoms with E-state index < -0.39 is 5.56 Å². The number of rotatable bonds is 4. The predicted molar refractivity (Wildman–Crippen MR) is 86.0 cm³/mol. The van der Waals surface area contributed by atoms with Crippen molar-refractivity contribution in [2.75, 3.05) is 0 Å². The van der Waals surface area contributed by atoms with Crippen LogP contribution in [0.1, 0.15) is 33.5 Å². The zero-order valence-electron chi connectivity index (χ0n) is 12.8. The number of aromatic nitrogens is 1. The molecule has 0 atom stereocenters. The Bertz CT molecular complexity index is 945. The number of Topliss-reactive ketones (excluding diaryl/α,β-unsaturated/α-hetero) is 2. The van der Waals surface area contributed by atoms with Gasteiger partial charge >= 0.3 is 0 Å². The van der Waals surface area contributed by atoms with Gasteiger partial charge in [0, 0.05) is 11.1 Å². The van der Waals surface area contributed by atoms with E-state index in [0.717, 1.165) is 5.39 Å². The number of ketones is 2. The topological polar surface area (TPSA) is 69.3 Å². The van der Waals surface area contributed by atoms with Crippen molar-refractivity contribution >= 4 is 22.5 Å².